The molecule has 0 unspecified atom stereocenters. The van der Waals surface area contributed by atoms with Crippen LogP contribution in [0.15, 0.2) is 0 Å². The molecule has 0 saturated heterocycles. The minimum absolute atomic E-state index is 0.755. The number of hydrogen-bond donors (Lipinski definition) is 1. The van der Waals surface area contributed by atoms with Crippen molar-refractivity contribution in [3.63, 3.8) is 0 Å². The SMILES string of the molecule is CC(C)CCc1nnc(CCCNC2CC2)s1. The van der Waals surface area contributed by atoms with E-state index in [9.17, 15) is 0 Å². The lowest BCUT2D eigenvalue weighted by molar-refractivity contribution is 0.583. The zero-order chi connectivity index (χ0) is 12.1. The van der Waals surface area contributed by atoms with E-state index in [0.29, 0.717) is 0 Å². The average Bonchev–Trinajstić information content (AvgIpc) is 3.01. The van der Waals surface area contributed by atoms with Crippen molar-refractivity contribution in [2.75, 3.05) is 6.54 Å². The first-order chi connectivity index (χ1) is 8.24. The molecule has 0 aromatic carbocycles. The second kappa shape index (κ2) is 6.45. The third kappa shape index (κ3) is 5.13. The summed E-state index contributed by atoms with van der Waals surface area (Å²) in [5.41, 5.74) is 0. The third-order valence-corrected chi connectivity index (χ3v) is 4.06. The summed E-state index contributed by atoms with van der Waals surface area (Å²) in [6.45, 7) is 5.64. The smallest absolute Gasteiger partial charge is 0.117 e. The van der Waals surface area contributed by atoms with Crippen molar-refractivity contribution in [2.45, 2.75) is 58.4 Å². The Balaban J connectivity index is 1.62. The van der Waals surface area contributed by atoms with E-state index >= 15 is 0 Å². The Labute approximate surface area is 108 Å². The van der Waals surface area contributed by atoms with Gasteiger partial charge in [0.05, 0.1) is 0 Å². The molecule has 1 aromatic rings. The van der Waals surface area contributed by atoms with Gasteiger partial charge in [-0.1, -0.05) is 13.8 Å². The van der Waals surface area contributed by atoms with Gasteiger partial charge in [0.15, 0.2) is 0 Å². The van der Waals surface area contributed by atoms with Crippen LogP contribution in [0.3, 0.4) is 0 Å². The average molecular weight is 253 g/mol. The summed E-state index contributed by atoms with van der Waals surface area (Å²) >= 11 is 1.80. The van der Waals surface area contributed by atoms with Crippen LogP contribution in [0.2, 0.25) is 0 Å². The van der Waals surface area contributed by atoms with Crippen LogP contribution in [-0.4, -0.2) is 22.8 Å². The van der Waals surface area contributed by atoms with E-state index in [0.717, 1.165) is 31.3 Å². The van der Waals surface area contributed by atoms with Crippen molar-refractivity contribution in [2.24, 2.45) is 5.92 Å². The highest BCUT2D eigenvalue weighted by Crippen LogP contribution is 2.19. The molecule has 4 heteroatoms. The molecular formula is C13H23N3S. The number of rotatable bonds is 8. The molecular weight excluding hydrogens is 230 g/mol. The largest absolute Gasteiger partial charge is 0.314 e. The summed E-state index contributed by atoms with van der Waals surface area (Å²) in [6.07, 6.45) is 7.33. The zero-order valence-electron chi connectivity index (χ0n) is 10.9. The molecule has 1 saturated carbocycles. The van der Waals surface area contributed by atoms with Gasteiger partial charge in [-0.25, -0.2) is 0 Å². The molecule has 17 heavy (non-hydrogen) atoms. The maximum Gasteiger partial charge on any atom is 0.117 e. The van der Waals surface area contributed by atoms with E-state index < -0.39 is 0 Å². The summed E-state index contributed by atoms with van der Waals surface area (Å²) in [4.78, 5) is 0. The lowest BCUT2D eigenvalue weighted by atomic mass is 10.1. The molecule has 0 radical (unpaired) electrons. The quantitative estimate of drug-likeness (QED) is 0.724. The van der Waals surface area contributed by atoms with Crippen LogP contribution >= 0.6 is 11.3 Å². The van der Waals surface area contributed by atoms with Gasteiger partial charge in [-0.2, -0.15) is 0 Å². The van der Waals surface area contributed by atoms with Gasteiger partial charge < -0.3 is 5.32 Å². The van der Waals surface area contributed by atoms with Crippen LogP contribution in [0.4, 0.5) is 0 Å². The van der Waals surface area contributed by atoms with Gasteiger partial charge in [-0.05, 0) is 38.1 Å². The second-order valence-electron chi connectivity index (χ2n) is 5.35. The van der Waals surface area contributed by atoms with Gasteiger partial charge >= 0.3 is 0 Å². The van der Waals surface area contributed by atoms with Crippen LogP contribution < -0.4 is 5.32 Å². The highest BCUT2D eigenvalue weighted by molar-refractivity contribution is 7.11. The molecule has 2 rings (SSSR count). The van der Waals surface area contributed by atoms with Crippen molar-refractivity contribution in [1.29, 1.82) is 0 Å². The normalized spacial score (nSPS) is 15.7. The van der Waals surface area contributed by atoms with E-state index in [1.807, 2.05) is 0 Å². The predicted molar refractivity (Wildman–Crippen MR) is 72.4 cm³/mol. The van der Waals surface area contributed by atoms with Crippen molar-refractivity contribution in [3.05, 3.63) is 10.0 Å². The number of nitrogens with one attached hydrogen (secondary N) is 1. The molecule has 1 aliphatic rings. The maximum absolute atomic E-state index is 4.27. The van der Waals surface area contributed by atoms with E-state index in [1.54, 1.807) is 11.3 Å². The number of aromatic nitrogens is 2. The van der Waals surface area contributed by atoms with Gasteiger partial charge in [0.25, 0.3) is 0 Å². The Morgan fingerprint density at radius 2 is 1.94 bits per heavy atom. The fraction of sp³-hybridized carbons (Fsp3) is 0.846. The Morgan fingerprint density at radius 3 is 2.59 bits per heavy atom. The van der Waals surface area contributed by atoms with E-state index in [1.165, 1.54) is 35.7 Å². The topological polar surface area (TPSA) is 37.8 Å². The highest BCUT2D eigenvalue weighted by Gasteiger charge is 2.19. The predicted octanol–water partition coefficient (Wildman–Crippen LogP) is 2.81. The monoisotopic (exact) mass is 253 g/mol. The molecule has 1 N–H and O–H groups in total. The molecule has 0 spiro atoms. The van der Waals surface area contributed by atoms with E-state index in [2.05, 4.69) is 29.4 Å². The van der Waals surface area contributed by atoms with Gasteiger partial charge in [0.2, 0.25) is 0 Å². The van der Waals surface area contributed by atoms with Gasteiger partial charge in [-0.3, -0.25) is 0 Å². The molecule has 1 aromatic heterocycles. The molecule has 0 aliphatic heterocycles. The first-order valence-electron chi connectivity index (χ1n) is 6.78. The minimum Gasteiger partial charge on any atom is -0.314 e. The summed E-state index contributed by atoms with van der Waals surface area (Å²) in [5, 5.41) is 14.5. The third-order valence-electron chi connectivity index (χ3n) is 3.02. The lowest BCUT2D eigenvalue weighted by Crippen LogP contribution is -2.17. The second-order valence-corrected chi connectivity index (χ2v) is 6.50. The summed E-state index contributed by atoms with van der Waals surface area (Å²) in [5.74, 6) is 0.755. The van der Waals surface area contributed by atoms with E-state index in [-0.39, 0.29) is 0 Å². The van der Waals surface area contributed by atoms with Crippen molar-refractivity contribution in [3.8, 4) is 0 Å². The summed E-state index contributed by atoms with van der Waals surface area (Å²) in [6, 6.07) is 0.825. The Bertz CT molecular complexity index is 331. The van der Waals surface area contributed by atoms with Crippen LogP contribution in [0.25, 0.3) is 0 Å². The number of aryl methyl sites for hydroxylation is 2. The van der Waals surface area contributed by atoms with Gasteiger partial charge in [-0.15, -0.1) is 21.5 Å². The van der Waals surface area contributed by atoms with Crippen LogP contribution in [0, 0.1) is 5.92 Å². The van der Waals surface area contributed by atoms with Gasteiger partial charge in [0, 0.05) is 18.9 Å². The standard InChI is InChI=1S/C13H23N3S/c1-10(2)5-8-13-16-15-12(17-13)4-3-9-14-11-6-7-11/h10-11,14H,3-9H2,1-2H3. The summed E-state index contributed by atoms with van der Waals surface area (Å²) < 4.78 is 0. The van der Waals surface area contributed by atoms with Gasteiger partial charge in [0.1, 0.15) is 10.0 Å². The Morgan fingerprint density at radius 1 is 1.24 bits per heavy atom. The fourth-order valence-electron chi connectivity index (χ4n) is 1.74. The van der Waals surface area contributed by atoms with E-state index in [4.69, 9.17) is 0 Å². The number of nitrogens with zero attached hydrogens (tertiary/aromatic N) is 2. The first-order valence-corrected chi connectivity index (χ1v) is 7.60. The summed E-state index contributed by atoms with van der Waals surface area (Å²) in [7, 11) is 0. The van der Waals surface area contributed by atoms with Crippen molar-refractivity contribution < 1.29 is 0 Å². The molecule has 3 nitrogen and oxygen atoms in total. The molecule has 1 fully saturated rings. The Kier molecular flexibility index (Phi) is 4.92. The first kappa shape index (κ1) is 13.0. The molecule has 96 valence electrons. The number of hydrogen-bond acceptors (Lipinski definition) is 4. The Hall–Kier alpha value is -0.480. The van der Waals surface area contributed by atoms with Crippen molar-refractivity contribution >= 4 is 11.3 Å². The van der Waals surface area contributed by atoms with Crippen molar-refractivity contribution in [1.82, 2.24) is 15.5 Å². The van der Waals surface area contributed by atoms with Crippen LogP contribution in [-0.2, 0) is 12.8 Å². The zero-order valence-corrected chi connectivity index (χ0v) is 11.7. The molecule has 0 bridgehead atoms. The fourth-order valence-corrected chi connectivity index (χ4v) is 2.64. The molecule has 0 amide bonds. The highest BCUT2D eigenvalue weighted by atomic mass is 32.1. The molecule has 0 atom stereocenters. The molecule has 1 aliphatic carbocycles. The minimum atomic E-state index is 0.755. The lowest BCUT2D eigenvalue weighted by Gasteiger charge is -2.00. The maximum atomic E-state index is 4.27. The van der Waals surface area contributed by atoms with Crippen LogP contribution in [0.1, 0.15) is 49.5 Å². The van der Waals surface area contributed by atoms with Crippen LogP contribution in [0.5, 0.6) is 0 Å². The molecule has 1 heterocycles.